The topological polar surface area (TPSA) is 12.0 Å². The molecule has 0 saturated heterocycles. The van der Waals surface area contributed by atoms with Gasteiger partial charge in [-0.15, -0.1) is 0 Å². The van der Waals surface area contributed by atoms with Crippen LogP contribution in [-0.2, 0) is 6.18 Å². The van der Waals surface area contributed by atoms with Crippen LogP contribution in [0.4, 0.5) is 18.9 Å². The van der Waals surface area contributed by atoms with Crippen LogP contribution in [0.15, 0.2) is 34.3 Å². The van der Waals surface area contributed by atoms with Crippen molar-refractivity contribution in [3.63, 3.8) is 0 Å². The lowest BCUT2D eigenvalue weighted by Gasteiger charge is -2.14. The van der Waals surface area contributed by atoms with Gasteiger partial charge in [-0.1, -0.05) is 27.6 Å². The zero-order chi connectivity index (χ0) is 13.1. The maximum Gasteiger partial charge on any atom is 0.418 e. The molecule has 0 aliphatic carbocycles. The second kappa shape index (κ2) is 5.58. The van der Waals surface area contributed by atoms with E-state index in [2.05, 4.69) is 21.2 Å². The number of hydrogen-bond donors (Lipinski definition) is 1. The van der Waals surface area contributed by atoms with Gasteiger partial charge in [0.05, 0.1) is 5.56 Å². The number of anilines is 1. The third-order valence-corrected chi connectivity index (χ3v) is 2.58. The van der Waals surface area contributed by atoms with E-state index in [9.17, 15) is 13.2 Å². The minimum Gasteiger partial charge on any atom is -0.381 e. The molecule has 0 fully saturated rings. The minimum absolute atomic E-state index is 0.0956. The lowest BCUT2D eigenvalue weighted by atomic mass is 10.1. The van der Waals surface area contributed by atoms with Crippen LogP contribution in [0, 0.1) is 0 Å². The fourth-order valence-electron chi connectivity index (χ4n) is 1.27. The van der Waals surface area contributed by atoms with E-state index in [1.165, 1.54) is 6.07 Å². The molecule has 94 valence electrons. The molecule has 0 aliphatic rings. The first kappa shape index (κ1) is 14.1. The number of allylic oxidation sites excluding steroid dienone is 1. The zero-order valence-corrected chi connectivity index (χ0v) is 11.1. The van der Waals surface area contributed by atoms with Crippen LogP contribution in [0.1, 0.15) is 19.4 Å². The Morgan fingerprint density at radius 3 is 2.53 bits per heavy atom. The van der Waals surface area contributed by atoms with E-state index in [0.29, 0.717) is 11.0 Å². The van der Waals surface area contributed by atoms with Crippen LogP contribution in [0.3, 0.4) is 0 Å². The van der Waals surface area contributed by atoms with Crippen molar-refractivity contribution in [1.82, 2.24) is 0 Å². The van der Waals surface area contributed by atoms with E-state index in [4.69, 9.17) is 0 Å². The molecule has 17 heavy (non-hydrogen) atoms. The van der Waals surface area contributed by atoms with Gasteiger partial charge >= 0.3 is 6.18 Å². The summed E-state index contributed by atoms with van der Waals surface area (Å²) >= 11 is 3.04. The summed E-state index contributed by atoms with van der Waals surface area (Å²) in [5, 5.41) is 2.76. The molecule has 1 rings (SSSR count). The summed E-state index contributed by atoms with van der Waals surface area (Å²) in [6.07, 6.45) is -2.51. The van der Waals surface area contributed by atoms with E-state index >= 15 is 0 Å². The van der Waals surface area contributed by atoms with E-state index in [-0.39, 0.29) is 5.69 Å². The molecule has 1 nitrogen and oxygen atoms in total. The molecule has 0 amide bonds. The average molecular weight is 308 g/mol. The van der Waals surface area contributed by atoms with E-state index in [1.807, 2.05) is 19.9 Å². The molecule has 0 heterocycles. The number of alkyl halides is 3. The lowest BCUT2D eigenvalue weighted by molar-refractivity contribution is -0.137. The van der Waals surface area contributed by atoms with Gasteiger partial charge < -0.3 is 5.32 Å². The van der Waals surface area contributed by atoms with E-state index < -0.39 is 11.7 Å². The van der Waals surface area contributed by atoms with Crippen molar-refractivity contribution in [2.75, 3.05) is 11.9 Å². The van der Waals surface area contributed by atoms with Gasteiger partial charge in [0.1, 0.15) is 0 Å². The molecule has 0 unspecified atom stereocenters. The number of halogens is 4. The predicted octanol–water partition coefficient (Wildman–Crippen LogP) is 4.85. The molecular formula is C12H13BrF3N. The Kier molecular flexibility index (Phi) is 4.62. The van der Waals surface area contributed by atoms with Crippen molar-refractivity contribution in [2.24, 2.45) is 0 Å². The van der Waals surface area contributed by atoms with Crippen molar-refractivity contribution in [2.45, 2.75) is 20.0 Å². The Morgan fingerprint density at radius 1 is 1.35 bits per heavy atom. The number of nitrogens with one attached hydrogen (secondary N) is 1. The highest BCUT2D eigenvalue weighted by molar-refractivity contribution is 9.10. The largest absolute Gasteiger partial charge is 0.418 e. The molecular weight excluding hydrogens is 295 g/mol. The van der Waals surface area contributed by atoms with Crippen molar-refractivity contribution in [3.05, 3.63) is 39.9 Å². The van der Waals surface area contributed by atoms with Crippen molar-refractivity contribution >= 4 is 21.6 Å². The summed E-state index contributed by atoms with van der Waals surface area (Å²) < 4.78 is 38.6. The van der Waals surface area contributed by atoms with E-state index in [1.54, 1.807) is 6.07 Å². The van der Waals surface area contributed by atoms with Gasteiger partial charge in [-0.25, -0.2) is 0 Å². The SMILES string of the molecule is CC(C)=CCNc1ccc(Br)cc1C(F)(F)F. The molecule has 0 atom stereocenters. The van der Waals surface area contributed by atoms with Gasteiger partial charge in [-0.3, -0.25) is 0 Å². The third-order valence-electron chi connectivity index (χ3n) is 2.09. The molecule has 0 spiro atoms. The number of benzene rings is 1. The van der Waals surface area contributed by atoms with Crippen LogP contribution >= 0.6 is 15.9 Å². The Morgan fingerprint density at radius 2 is 2.00 bits per heavy atom. The van der Waals surface area contributed by atoms with Crippen LogP contribution in [-0.4, -0.2) is 6.54 Å². The molecule has 1 aromatic rings. The van der Waals surface area contributed by atoms with Gasteiger partial charge in [-0.05, 0) is 32.0 Å². The Balaban J connectivity index is 2.95. The average Bonchev–Trinajstić information content (AvgIpc) is 2.18. The molecule has 1 aromatic carbocycles. The van der Waals surface area contributed by atoms with Gasteiger partial charge in [0.25, 0.3) is 0 Å². The fourth-order valence-corrected chi connectivity index (χ4v) is 1.63. The van der Waals surface area contributed by atoms with Gasteiger partial charge in [0, 0.05) is 16.7 Å². The van der Waals surface area contributed by atoms with Crippen LogP contribution in [0.25, 0.3) is 0 Å². The molecule has 0 bridgehead atoms. The summed E-state index contributed by atoms with van der Waals surface area (Å²) in [7, 11) is 0. The monoisotopic (exact) mass is 307 g/mol. The first-order valence-corrected chi connectivity index (χ1v) is 5.84. The zero-order valence-electron chi connectivity index (χ0n) is 9.53. The third kappa shape index (κ3) is 4.42. The fraction of sp³-hybridized carbons (Fsp3) is 0.333. The Labute approximate surface area is 107 Å². The second-order valence-corrected chi connectivity index (χ2v) is 4.77. The predicted molar refractivity (Wildman–Crippen MR) is 67.1 cm³/mol. The molecule has 0 aromatic heterocycles. The highest BCUT2D eigenvalue weighted by Gasteiger charge is 2.33. The normalized spacial score (nSPS) is 11.2. The first-order valence-electron chi connectivity index (χ1n) is 5.04. The first-order chi connectivity index (χ1) is 7.80. The van der Waals surface area contributed by atoms with Gasteiger partial charge in [0.2, 0.25) is 0 Å². The minimum atomic E-state index is -4.35. The molecule has 0 saturated carbocycles. The smallest absolute Gasteiger partial charge is 0.381 e. The van der Waals surface area contributed by atoms with Crippen LogP contribution in [0.5, 0.6) is 0 Å². The summed E-state index contributed by atoms with van der Waals surface area (Å²) in [6.45, 7) is 4.18. The number of rotatable bonds is 3. The molecule has 1 N–H and O–H groups in total. The number of hydrogen-bond acceptors (Lipinski definition) is 1. The maximum atomic E-state index is 12.7. The van der Waals surface area contributed by atoms with Crippen molar-refractivity contribution < 1.29 is 13.2 Å². The molecule has 0 radical (unpaired) electrons. The Hall–Kier alpha value is -0.970. The summed E-state index contributed by atoms with van der Waals surface area (Å²) in [5.74, 6) is 0. The van der Waals surface area contributed by atoms with Gasteiger partial charge in [0.15, 0.2) is 0 Å². The lowest BCUT2D eigenvalue weighted by Crippen LogP contribution is -2.11. The second-order valence-electron chi connectivity index (χ2n) is 3.85. The van der Waals surface area contributed by atoms with Crippen molar-refractivity contribution in [3.8, 4) is 0 Å². The van der Waals surface area contributed by atoms with Crippen LogP contribution in [0.2, 0.25) is 0 Å². The summed E-state index contributed by atoms with van der Waals surface area (Å²) in [5.41, 5.74) is 0.496. The summed E-state index contributed by atoms with van der Waals surface area (Å²) in [4.78, 5) is 0. The molecule has 5 heteroatoms. The maximum absolute atomic E-state index is 12.7. The van der Waals surface area contributed by atoms with Crippen molar-refractivity contribution in [1.29, 1.82) is 0 Å². The Bertz CT molecular complexity index is 420. The van der Waals surface area contributed by atoms with Crippen LogP contribution < -0.4 is 5.32 Å². The van der Waals surface area contributed by atoms with Gasteiger partial charge in [-0.2, -0.15) is 13.2 Å². The quantitative estimate of drug-likeness (QED) is 0.787. The highest BCUT2D eigenvalue weighted by atomic mass is 79.9. The van der Waals surface area contributed by atoms with E-state index in [0.717, 1.165) is 11.6 Å². The molecule has 0 aliphatic heterocycles. The summed E-state index contributed by atoms with van der Waals surface area (Å²) in [6, 6.07) is 4.08. The standard InChI is InChI=1S/C12H13BrF3N/c1-8(2)5-6-17-11-4-3-9(13)7-10(11)12(14,15)16/h3-5,7,17H,6H2,1-2H3. The highest BCUT2D eigenvalue weighted by Crippen LogP contribution is 2.36.